The number of carbonyl (C=O) groups is 1. The molecule has 1 fully saturated rings. The van der Waals surface area contributed by atoms with Gasteiger partial charge in [0.15, 0.2) is 0 Å². The van der Waals surface area contributed by atoms with Crippen molar-refractivity contribution in [1.82, 2.24) is 4.72 Å². The molecule has 1 heterocycles. The summed E-state index contributed by atoms with van der Waals surface area (Å²) in [4.78, 5) is 14.0. The van der Waals surface area contributed by atoms with Crippen LogP contribution >= 0.6 is 0 Å². The smallest absolute Gasteiger partial charge is 0.240 e. The van der Waals surface area contributed by atoms with Crippen LogP contribution in [-0.4, -0.2) is 27.4 Å². The number of carbonyl (C=O) groups excluding carboxylic acids is 1. The predicted octanol–water partition coefficient (Wildman–Crippen LogP) is 3.68. The highest BCUT2D eigenvalue weighted by molar-refractivity contribution is 7.89. The van der Waals surface area contributed by atoms with Gasteiger partial charge in [0.25, 0.3) is 0 Å². The molecule has 1 atom stereocenters. The highest BCUT2D eigenvalue weighted by Gasteiger charge is 2.20. The fourth-order valence-corrected chi connectivity index (χ4v) is 4.37. The number of anilines is 1. The molecule has 0 spiro atoms. The lowest BCUT2D eigenvalue weighted by molar-refractivity contribution is -0.119. The quantitative estimate of drug-likeness (QED) is 0.789. The Balaban J connectivity index is 1.59. The number of nitrogens with one attached hydrogen (secondary N) is 1. The lowest BCUT2D eigenvalue weighted by Crippen LogP contribution is -2.35. The summed E-state index contributed by atoms with van der Waals surface area (Å²) in [5, 5.41) is 0. The fraction of sp³-hybridized carbons (Fsp3) is 0.381. The molecule has 144 valence electrons. The molecule has 3 rings (SSSR count). The molecule has 1 amide bonds. The van der Waals surface area contributed by atoms with Crippen molar-refractivity contribution < 1.29 is 13.2 Å². The average molecular weight is 387 g/mol. The maximum atomic E-state index is 12.5. The van der Waals surface area contributed by atoms with Gasteiger partial charge in [0.1, 0.15) is 0 Å². The standard InChI is InChI=1S/C21H26N2O3S/c1-17(18-7-3-2-4-8-18)14-15-22-27(25,26)20-12-10-19(11-13-20)23-16-6-5-9-21(23)24/h2-4,7-8,10-13,17,22H,5-6,9,14-16H2,1H3. The van der Waals surface area contributed by atoms with Crippen LogP contribution in [0.1, 0.15) is 44.1 Å². The van der Waals surface area contributed by atoms with Crippen LogP contribution in [0, 0.1) is 0 Å². The Bertz CT molecular complexity index is 864. The highest BCUT2D eigenvalue weighted by Crippen LogP contribution is 2.23. The van der Waals surface area contributed by atoms with Crippen molar-refractivity contribution in [3.8, 4) is 0 Å². The number of rotatable bonds is 7. The maximum absolute atomic E-state index is 12.5. The molecule has 0 aliphatic carbocycles. The van der Waals surface area contributed by atoms with E-state index in [0.717, 1.165) is 24.9 Å². The third-order valence-electron chi connectivity index (χ3n) is 5.02. The second-order valence-electron chi connectivity index (χ2n) is 6.99. The van der Waals surface area contributed by atoms with Gasteiger partial charge >= 0.3 is 0 Å². The first-order chi connectivity index (χ1) is 13.0. The maximum Gasteiger partial charge on any atom is 0.240 e. The molecule has 2 aromatic rings. The number of amides is 1. The molecule has 0 saturated carbocycles. The van der Waals surface area contributed by atoms with Crippen LogP contribution in [0.3, 0.4) is 0 Å². The topological polar surface area (TPSA) is 66.5 Å². The number of hydrogen-bond acceptors (Lipinski definition) is 3. The van der Waals surface area contributed by atoms with Crippen LogP contribution in [0.15, 0.2) is 59.5 Å². The van der Waals surface area contributed by atoms with Gasteiger partial charge in [-0.2, -0.15) is 0 Å². The molecule has 5 nitrogen and oxygen atoms in total. The number of hydrogen-bond donors (Lipinski definition) is 1. The SMILES string of the molecule is CC(CCNS(=O)(=O)c1ccc(N2CCCCC2=O)cc1)c1ccccc1. The molecule has 1 unspecified atom stereocenters. The van der Waals surface area contributed by atoms with Crippen molar-refractivity contribution in [2.75, 3.05) is 18.0 Å². The number of nitrogens with zero attached hydrogens (tertiary/aromatic N) is 1. The number of piperidine rings is 1. The lowest BCUT2D eigenvalue weighted by atomic mass is 9.98. The van der Waals surface area contributed by atoms with E-state index in [1.54, 1.807) is 29.2 Å². The molecule has 2 aromatic carbocycles. The minimum absolute atomic E-state index is 0.102. The van der Waals surface area contributed by atoms with Crippen molar-refractivity contribution in [3.63, 3.8) is 0 Å². The summed E-state index contributed by atoms with van der Waals surface area (Å²) < 4.78 is 27.7. The van der Waals surface area contributed by atoms with Gasteiger partial charge in [-0.15, -0.1) is 0 Å². The Morgan fingerprint density at radius 3 is 2.41 bits per heavy atom. The summed E-state index contributed by atoms with van der Waals surface area (Å²) in [7, 11) is -3.55. The van der Waals surface area contributed by atoms with Gasteiger partial charge in [-0.05, 0) is 55.0 Å². The molecule has 1 aliphatic rings. The van der Waals surface area contributed by atoms with Crippen molar-refractivity contribution in [2.45, 2.75) is 43.4 Å². The summed E-state index contributed by atoms with van der Waals surface area (Å²) in [6.07, 6.45) is 3.19. The van der Waals surface area contributed by atoms with Crippen molar-refractivity contribution in [2.24, 2.45) is 0 Å². The normalized spacial score (nSPS) is 16.3. The first-order valence-corrected chi connectivity index (χ1v) is 10.9. The van der Waals surface area contributed by atoms with E-state index in [-0.39, 0.29) is 16.7 Å². The van der Waals surface area contributed by atoms with Crippen LogP contribution in [0.5, 0.6) is 0 Å². The zero-order valence-corrected chi connectivity index (χ0v) is 16.4. The molecular formula is C21H26N2O3S. The van der Waals surface area contributed by atoms with Gasteiger partial charge in [0, 0.05) is 25.2 Å². The van der Waals surface area contributed by atoms with Gasteiger partial charge in [-0.3, -0.25) is 4.79 Å². The lowest BCUT2D eigenvalue weighted by Gasteiger charge is -2.26. The van der Waals surface area contributed by atoms with Crippen LogP contribution in [0.25, 0.3) is 0 Å². The summed E-state index contributed by atoms with van der Waals surface area (Å²) in [6.45, 7) is 3.17. The van der Waals surface area contributed by atoms with E-state index in [0.29, 0.717) is 19.5 Å². The van der Waals surface area contributed by atoms with Crippen molar-refractivity contribution >= 4 is 21.6 Å². The van der Waals surface area contributed by atoms with Gasteiger partial charge in [-0.1, -0.05) is 37.3 Å². The second-order valence-corrected chi connectivity index (χ2v) is 8.76. The largest absolute Gasteiger partial charge is 0.312 e. The molecule has 1 N–H and O–H groups in total. The third-order valence-corrected chi connectivity index (χ3v) is 6.50. The first kappa shape index (κ1) is 19.6. The van der Waals surface area contributed by atoms with Crippen molar-refractivity contribution in [1.29, 1.82) is 0 Å². The Hall–Kier alpha value is -2.18. The molecule has 27 heavy (non-hydrogen) atoms. The van der Waals surface area contributed by atoms with Gasteiger partial charge in [0.05, 0.1) is 4.90 Å². The second kappa shape index (κ2) is 8.67. The number of benzene rings is 2. The minimum Gasteiger partial charge on any atom is -0.312 e. The Morgan fingerprint density at radius 1 is 1.04 bits per heavy atom. The Kier molecular flexibility index (Phi) is 6.29. The van der Waals surface area contributed by atoms with Crippen LogP contribution in [0.2, 0.25) is 0 Å². The molecule has 1 aliphatic heterocycles. The van der Waals surface area contributed by atoms with Crippen LogP contribution in [0.4, 0.5) is 5.69 Å². The van der Waals surface area contributed by atoms with E-state index < -0.39 is 10.0 Å². The molecule has 6 heteroatoms. The van der Waals surface area contributed by atoms with Gasteiger partial charge in [0.2, 0.25) is 15.9 Å². The molecule has 0 bridgehead atoms. The first-order valence-electron chi connectivity index (χ1n) is 9.42. The summed E-state index contributed by atoms with van der Waals surface area (Å²) in [6, 6.07) is 16.6. The monoisotopic (exact) mass is 386 g/mol. The van der Waals surface area contributed by atoms with E-state index in [4.69, 9.17) is 0 Å². The molecule has 1 saturated heterocycles. The molecule has 0 radical (unpaired) electrons. The highest BCUT2D eigenvalue weighted by atomic mass is 32.2. The van der Waals surface area contributed by atoms with E-state index in [2.05, 4.69) is 23.8 Å². The number of sulfonamides is 1. The van der Waals surface area contributed by atoms with Crippen molar-refractivity contribution in [3.05, 3.63) is 60.2 Å². The summed E-state index contributed by atoms with van der Waals surface area (Å²) in [5.74, 6) is 0.381. The molecule has 0 aromatic heterocycles. The van der Waals surface area contributed by atoms with Gasteiger partial charge < -0.3 is 4.90 Å². The van der Waals surface area contributed by atoms with E-state index >= 15 is 0 Å². The Morgan fingerprint density at radius 2 is 1.74 bits per heavy atom. The van der Waals surface area contributed by atoms with E-state index in [1.807, 2.05) is 18.2 Å². The average Bonchev–Trinajstić information content (AvgIpc) is 2.69. The zero-order chi connectivity index (χ0) is 19.3. The zero-order valence-electron chi connectivity index (χ0n) is 15.6. The van der Waals surface area contributed by atoms with E-state index in [9.17, 15) is 13.2 Å². The summed E-state index contributed by atoms with van der Waals surface area (Å²) in [5.41, 5.74) is 1.96. The fourth-order valence-electron chi connectivity index (χ4n) is 3.33. The van der Waals surface area contributed by atoms with Gasteiger partial charge in [-0.25, -0.2) is 13.1 Å². The Labute approximate surface area is 161 Å². The van der Waals surface area contributed by atoms with E-state index in [1.165, 1.54) is 5.56 Å². The third kappa shape index (κ3) is 4.96. The van der Waals surface area contributed by atoms with Crippen LogP contribution in [-0.2, 0) is 14.8 Å². The summed E-state index contributed by atoms with van der Waals surface area (Å²) >= 11 is 0. The minimum atomic E-state index is -3.55. The van der Waals surface area contributed by atoms with Crippen LogP contribution < -0.4 is 9.62 Å². The molecular weight excluding hydrogens is 360 g/mol. The predicted molar refractivity (Wildman–Crippen MR) is 107 cm³/mol.